The molecule has 0 bridgehead atoms. The molecule has 4 rings (SSSR count). The lowest BCUT2D eigenvalue weighted by atomic mass is 10.2. The Morgan fingerprint density at radius 2 is 1.93 bits per heavy atom. The van der Waals surface area contributed by atoms with E-state index in [0.717, 1.165) is 34.8 Å². The monoisotopic (exact) mass is 405 g/mol. The van der Waals surface area contributed by atoms with Gasteiger partial charge in [0.2, 0.25) is 5.91 Å². The quantitative estimate of drug-likeness (QED) is 0.499. The van der Waals surface area contributed by atoms with Crippen molar-refractivity contribution in [2.45, 2.75) is 18.2 Å². The Bertz CT molecular complexity index is 1120. The predicted molar refractivity (Wildman–Crippen MR) is 112 cm³/mol. The van der Waals surface area contributed by atoms with Crippen molar-refractivity contribution < 1.29 is 14.7 Å². The van der Waals surface area contributed by atoms with Crippen molar-refractivity contribution >= 4 is 45.9 Å². The van der Waals surface area contributed by atoms with Crippen molar-refractivity contribution in [2.75, 3.05) is 0 Å². The molecule has 2 heterocycles. The van der Waals surface area contributed by atoms with Crippen molar-refractivity contribution in [2.24, 2.45) is 10.2 Å². The van der Waals surface area contributed by atoms with Crippen LogP contribution in [0.1, 0.15) is 17.5 Å². The number of aliphatic carboxylic acids is 1. The zero-order chi connectivity index (χ0) is 20.2. The first-order valence-electron chi connectivity index (χ1n) is 9.00. The van der Waals surface area contributed by atoms with Crippen LogP contribution in [0, 0.1) is 0 Å². The number of hydrogen-bond donors (Lipinski definition) is 1. The molecule has 1 saturated heterocycles. The minimum absolute atomic E-state index is 0.283. The van der Waals surface area contributed by atoms with E-state index >= 15 is 0 Å². The van der Waals surface area contributed by atoms with Crippen LogP contribution in [-0.2, 0) is 16.1 Å². The molecular formula is C21H17N4O3S-. The van der Waals surface area contributed by atoms with Gasteiger partial charge in [0.05, 0.1) is 11.5 Å². The van der Waals surface area contributed by atoms with Crippen LogP contribution in [0.4, 0.5) is 0 Å². The fourth-order valence-corrected chi connectivity index (χ4v) is 4.08. The van der Waals surface area contributed by atoms with Gasteiger partial charge in [-0.2, -0.15) is 5.10 Å². The zero-order valence-electron chi connectivity index (χ0n) is 15.3. The molecule has 0 spiro atoms. The number of benzene rings is 2. The number of para-hydroxylation sites is 1. The molecule has 1 aliphatic rings. The van der Waals surface area contributed by atoms with Crippen LogP contribution in [0.15, 0.2) is 71.0 Å². The largest absolute Gasteiger partial charge is 0.550 e. The highest BCUT2D eigenvalue weighted by molar-refractivity contribution is 8.15. The second-order valence-electron chi connectivity index (χ2n) is 6.54. The summed E-state index contributed by atoms with van der Waals surface area (Å²) in [6.07, 6.45) is 3.29. The van der Waals surface area contributed by atoms with Gasteiger partial charge in [0.25, 0.3) is 0 Å². The van der Waals surface area contributed by atoms with Crippen LogP contribution < -0.4 is 10.4 Å². The van der Waals surface area contributed by atoms with E-state index in [9.17, 15) is 14.7 Å². The highest BCUT2D eigenvalue weighted by Crippen LogP contribution is 2.23. The van der Waals surface area contributed by atoms with E-state index in [0.29, 0.717) is 0 Å². The van der Waals surface area contributed by atoms with Crippen molar-refractivity contribution in [1.82, 2.24) is 9.88 Å². The van der Waals surface area contributed by atoms with Crippen molar-refractivity contribution in [3.8, 4) is 0 Å². The van der Waals surface area contributed by atoms with Gasteiger partial charge in [0, 0.05) is 41.6 Å². The minimum Gasteiger partial charge on any atom is -0.550 e. The zero-order valence-corrected chi connectivity index (χ0v) is 16.1. The number of nitrogens with zero attached hydrogens (tertiary/aromatic N) is 3. The first-order chi connectivity index (χ1) is 14.1. The topological polar surface area (TPSA) is 98.9 Å². The van der Waals surface area contributed by atoms with Gasteiger partial charge in [-0.15, -0.1) is 5.10 Å². The molecule has 1 aromatic heterocycles. The molecule has 0 saturated carbocycles. The smallest absolute Gasteiger partial charge is 0.239 e. The summed E-state index contributed by atoms with van der Waals surface area (Å²) in [5.74, 6) is -1.67. The third kappa shape index (κ3) is 4.38. The maximum atomic E-state index is 11.7. The summed E-state index contributed by atoms with van der Waals surface area (Å²) in [7, 11) is 0. The van der Waals surface area contributed by atoms with E-state index in [1.165, 1.54) is 5.56 Å². The Kier molecular flexibility index (Phi) is 5.44. The van der Waals surface area contributed by atoms with Crippen LogP contribution in [0.3, 0.4) is 0 Å². The van der Waals surface area contributed by atoms with Gasteiger partial charge in [0.15, 0.2) is 5.17 Å². The number of aromatic nitrogens is 1. The highest BCUT2D eigenvalue weighted by Gasteiger charge is 2.30. The average Bonchev–Trinajstić information content (AvgIpc) is 3.23. The van der Waals surface area contributed by atoms with Gasteiger partial charge in [-0.3, -0.25) is 4.79 Å². The fraction of sp³-hybridized carbons (Fsp3) is 0.143. The molecule has 2 aromatic carbocycles. The predicted octanol–water partition coefficient (Wildman–Crippen LogP) is 1.75. The Labute approximate surface area is 171 Å². The molecule has 0 aliphatic carbocycles. The van der Waals surface area contributed by atoms with Gasteiger partial charge in [-0.05, 0) is 11.6 Å². The molecule has 1 atom stereocenters. The Morgan fingerprint density at radius 3 is 2.72 bits per heavy atom. The van der Waals surface area contributed by atoms with Gasteiger partial charge >= 0.3 is 0 Å². The lowest BCUT2D eigenvalue weighted by Crippen LogP contribution is -2.31. The van der Waals surface area contributed by atoms with Gasteiger partial charge in [-0.1, -0.05) is 60.3 Å². The summed E-state index contributed by atoms with van der Waals surface area (Å²) in [6, 6.07) is 18.2. The number of carboxylic acids is 1. The molecule has 1 fully saturated rings. The number of rotatable bonds is 6. The average molecular weight is 405 g/mol. The summed E-state index contributed by atoms with van der Waals surface area (Å²) < 4.78 is 2.15. The summed E-state index contributed by atoms with van der Waals surface area (Å²) in [4.78, 5) is 22.4. The molecule has 146 valence electrons. The van der Waals surface area contributed by atoms with Crippen LogP contribution in [0.2, 0.25) is 0 Å². The van der Waals surface area contributed by atoms with E-state index in [1.54, 1.807) is 6.21 Å². The second-order valence-corrected chi connectivity index (χ2v) is 7.73. The first-order valence-corrected chi connectivity index (χ1v) is 9.88. The number of carbonyl (C=O) groups is 2. The van der Waals surface area contributed by atoms with E-state index in [-0.39, 0.29) is 11.6 Å². The summed E-state index contributed by atoms with van der Waals surface area (Å²) in [6.45, 7) is 0.737. The molecule has 0 radical (unpaired) electrons. The molecule has 0 unspecified atom stereocenters. The van der Waals surface area contributed by atoms with Crippen LogP contribution >= 0.6 is 11.8 Å². The van der Waals surface area contributed by atoms with E-state index in [4.69, 9.17) is 0 Å². The Hall–Kier alpha value is -3.39. The number of thioether (sulfide) groups is 1. The summed E-state index contributed by atoms with van der Waals surface area (Å²) in [5, 5.41) is 21.9. The minimum atomic E-state index is -1.27. The maximum Gasteiger partial charge on any atom is 0.239 e. The third-order valence-electron chi connectivity index (χ3n) is 4.49. The number of hydrogen-bond acceptors (Lipinski definition) is 6. The number of amides is 1. The number of nitrogens with one attached hydrogen (secondary N) is 1. The first kappa shape index (κ1) is 18.9. The summed E-state index contributed by atoms with van der Waals surface area (Å²) in [5.41, 5.74) is 3.19. The maximum absolute atomic E-state index is 11.7. The molecule has 8 heteroatoms. The van der Waals surface area contributed by atoms with E-state index < -0.39 is 17.1 Å². The van der Waals surface area contributed by atoms with Crippen molar-refractivity contribution in [1.29, 1.82) is 0 Å². The molecule has 1 aliphatic heterocycles. The van der Waals surface area contributed by atoms with E-state index in [2.05, 4.69) is 38.3 Å². The van der Waals surface area contributed by atoms with Crippen molar-refractivity contribution in [3.63, 3.8) is 0 Å². The molecule has 7 nitrogen and oxygen atoms in total. The lowest BCUT2D eigenvalue weighted by molar-refractivity contribution is -0.305. The van der Waals surface area contributed by atoms with E-state index in [1.807, 2.05) is 42.6 Å². The SMILES string of the molecule is O=C([O-])C[C@@H]1S/C(=N\N=C/c2cn(Cc3ccccc3)c3ccccc23)NC1=O. The fourth-order valence-electron chi connectivity index (χ4n) is 3.17. The van der Waals surface area contributed by atoms with Crippen LogP contribution in [0.25, 0.3) is 10.9 Å². The molecule has 1 N–H and O–H groups in total. The van der Waals surface area contributed by atoms with Crippen LogP contribution in [-0.4, -0.2) is 33.1 Å². The number of carboxylic acid groups (broad SMARTS) is 1. The second kappa shape index (κ2) is 8.32. The molecule has 29 heavy (non-hydrogen) atoms. The van der Waals surface area contributed by atoms with Gasteiger partial charge < -0.3 is 19.8 Å². The van der Waals surface area contributed by atoms with Gasteiger partial charge in [0.1, 0.15) is 0 Å². The standard InChI is InChI=1S/C21H18N4O3S/c26-19(27)10-18-20(28)23-21(29-18)24-22-11-15-13-25(12-14-6-2-1-3-7-14)17-9-5-4-8-16(15)17/h1-9,11,13,18H,10,12H2,(H,26,27)(H,23,24,28)/p-1/b22-11-/t18-/m0/s1. The highest BCUT2D eigenvalue weighted by atomic mass is 32.2. The number of fused-ring (bicyclic) bond motifs is 1. The normalized spacial score (nSPS) is 18.0. The molecule has 1 amide bonds. The number of amidine groups is 1. The molecule has 3 aromatic rings. The van der Waals surface area contributed by atoms with Crippen LogP contribution in [0.5, 0.6) is 0 Å². The summed E-state index contributed by atoms with van der Waals surface area (Å²) >= 11 is 1.04. The molecular weight excluding hydrogens is 388 g/mol. The van der Waals surface area contributed by atoms with Crippen molar-refractivity contribution in [3.05, 3.63) is 71.9 Å². The Morgan fingerprint density at radius 1 is 1.17 bits per heavy atom. The number of carbonyl (C=O) groups excluding carboxylic acids is 2. The Balaban J connectivity index is 1.55. The lowest BCUT2D eigenvalue weighted by Gasteiger charge is -2.05. The van der Waals surface area contributed by atoms with Gasteiger partial charge in [-0.25, -0.2) is 0 Å². The third-order valence-corrected chi connectivity index (χ3v) is 5.56.